The zero-order chi connectivity index (χ0) is 7.28. The maximum Gasteiger partial charge on any atom is 0.339 e. The van der Waals surface area contributed by atoms with Crippen molar-refractivity contribution in [3.63, 3.8) is 0 Å². The summed E-state index contributed by atoms with van der Waals surface area (Å²) < 4.78 is 0. The lowest BCUT2D eigenvalue weighted by atomic mass is 10.6. The molecule has 0 aromatic rings. The molecule has 1 N–H and O–H groups in total. The fraction of sp³-hybridized carbons (Fsp3) is 0.400. The highest BCUT2D eigenvalue weighted by Crippen LogP contribution is 1.85. The van der Waals surface area contributed by atoms with Crippen LogP contribution in [0.2, 0.25) is 0 Å². The molecule has 9 heavy (non-hydrogen) atoms. The van der Waals surface area contributed by atoms with E-state index in [4.69, 9.17) is 5.11 Å². The van der Waals surface area contributed by atoms with Gasteiger partial charge in [-0.05, 0) is 0 Å². The fourth-order valence-corrected chi connectivity index (χ4v) is 0.180. The molecule has 4 nitrogen and oxygen atoms in total. The molecule has 0 aromatic carbocycles. The Hall–Kier alpha value is -1.03. The van der Waals surface area contributed by atoms with E-state index in [1.165, 1.54) is 6.92 Å². The molecule has 0 spiro atoms. The van der Waals surface area contributed by atoms with E-state index in [1.54, 1.807) is 0 Å². The Labute approximate surface area is 52.6 Å². The Morgan fingerprint density at radius 1 is 1.78 bits per heavy atom. The summed E-state index contributed by atoms with van der Waals surface area (Å²) in [6.07, 6.45) is 0. The van der Waals surface area contributed by atoms with Crippen molar-refractivity contribution in [2.75, 3.05) is 6.61 Å². The Bertz CT molecular complexity index is 104. The van der Waals surface area contributed by atoms with E-state index in [2.05, 4.69) is 16.4 Å². The van der Waals surface area contributed by atoms with Crippen molar-refractivity contribution in [1.29, 1.82) is 0 Å². The zero-order valence-electron chi connectivity index (χ0n) is 5.09. The molecule has 4 heteroatoms. The number of hydrogen-bond donors (Lipinski definition) is 1. The lowest BCUT2D eigenvalue weighted by molar-refractivity contribution is -0.267. The van der Waals surface area contributed by atoms with Crippen molar-refractivity contribution >= 4 is 5.97 Å². The summed E-state index contributed by atoms with van der Waals surface area (Å²) in [4.78, 5) is 18.1. The Balaban J connectivity index is 3.10. The van der Waals surface area contributed by atoms with Gasteiger partial charge in [-0.15, -0.1) is 0 Å². The Morgan fingerprint density at radius 3 is 2.67 bits per heavy atom. The highest BCUT2D eigenvalue weighted by Gasteiger charge is 1.93. The molecule has 0 fully saturated rings. The normalized spacial score (nSPS) is 8.56. The second kappa shape index (κ2) is 3.91. The fourth-order valence-electron chi connectivity index (χ4n) is 0.180. The first-order valence-corrected chi connectivity index (χ1v) is 2.29. The van der Waals surface area contributed by atoms with E-state index in [9.17, 15) is 4.79 Å². The van der Waals surface area contributed by atoms with Crippen LogP contribution in [0.15, 0.2) is 12.3 Å². The van der Waals surface area contributed by atoms with E-state index in [1.807, 2.05) is 0 Å². The Kier molecular flexibility index (Phi) is 3.46. The van der Waals surface area contributed by atoms with Crippen LogP contribution in [0.5, 0.6) is 0 Å². The quantitative estimate of drug-likeness (QED) is 0.346. The highest BCUT2D eigenvalue weighted by molar-refractivity contribution is 5.65. The van der Waals surface area contributed by atoms with Crippen molar-refractivity contribution in [2.45, 2.75) is 6.92 Å². The minimum absolute atomic E-state index is 0.181. The minimum Gasteiger partial charge on any atom is -0.510 e. The smallest absolute Gasteiger partial charge is 0.339 e. The van der Waals surface area contributed by atoms with Gasteiger partial charge in [-0.3, -0.25) is 4.89 Å². The molecule has 0 radical (unpaired) electrons. The van der Waals surface area contributed by atoms with Gasteiger partial charge < -0.3 is 5.11 Å². The number of aliphatic hydroxyl groups excluding tert-OH is 1. The molecule has 0 saturated carbocycles. The predicted molar refractivity (Wildman–Crippen MR) is 29.5 cm³/mol. The van der Waals surface area contributed by atoms with Gasteiger partial charge in [0.15, 0.2) is 6.61 Å². The molecule has 52 valence electrons. The van der Waals surface area contributed by atoms with Crippen LogP contribution in [-0.2, 0) is 14.6 Å². The molecule has 0 unspecified atom stereocenters. The summed E-state index contributed by atoms with van der Waals surface area (Å²) in [6, 6.07) is 0. The van der Waals surface area contributed by atoms with Crippen LogP contribution in [0.1, 0.15) is 6.92 Å². The lowest BCUT2D eigenvalue weighted by Gasteiger charge is -1.97. The van der Waals surface area contributed by atoms with Gasteiger partial charge in [0.25, 0.3) is 0 Å². The van der Waals surface area contributed by atoms with E-state index in [-0.39, 0.29) is 12.4 Å². The molecule has 0 amide bonds. The van der Waals surface area contributed by atoms with Gasteiger partial charge in [-0.1, -0.05) is 6.58 Å². The molecule has 0 bridgehead atoms. The van der Waals surface area contributed by atoms with Crippen molar-refractivity contribution in [3.05, 3.63) is 12.3 Å². The third-order valence-electron chi connectivity index (χ3n) is 0.402. The van der Waals surface area contributed by atoms with Crippen molar-refractivity contribution in [3.8, 4) is 0 Å². The summed E-state index contributed by atoms with van der Waals surface area (Å²) in [6.45, 7) is 4.10. The second-order valence-electron chi connectivity index (χ2n) is 1.40. The number of rotatable bonds is 3. The summed E-state index contributed by atoms with van der Waals surface area (Å²) >= 11 is 0. The van der Waals surface area contributed by atoms with Crippen molar-refractivity contribution < 1.29 is 19.7 Å². The van der Waals surface area contributed by atoms with Gasteiger partial charge >= 0.3 is 5.97 Å². The maximum atomic E-state index is 9.97. The largest absolute Gasteiger partial charge is 0.510 e. The number of carbonyl (C=O) groups is 1. The van der Waals surface area contributed by atoms with Gasteiger partial charge in [0.05, 0.1) is 0 Å². The SMILES string of the molecule is C=C(O)COOC(C)=O. The molecule has 0 aliphatic carbocycles. The predicted octanol–water partition coefficient (Wildman–Crippen LogP) is 0.553. The average molecular weight is 132 g/mol. The van der Waals surface area contributed by atoms with E-state index >= 15 is 0 Å². The Morgan fingerprint density at radius 2 is 2.33 bits per heavy atom. The van der Waals surface area contributed by atoms with Crippen molar-refractivity contribution in [2.24, 2.45) is 0 Å². The van der Waals surface area contributed by atoms with E-state index in [0.29, 0.717) is 0 Å². The highest BCUT2D eigenvalue weighted by atomic mass is 17.2. The lowest BCUT2D eigenvalue weighted by Crippen LogP contribution is -2.02. The van der Waals surface area contributed by atoms with Crippen LogP contribution in [0, 0.1) is 0 Å². The third kappa shape index (κ3) is 6.97. The standard InChI is InChI=1S/C5H8O4/c1-4(6)3-8-9-5(2)7/h6H,1,3H2,2H3. The van der Waals surface area contributed by atoms with Gasteiger partial charge in [-0.2, -0.15) is 4.89 Å². The molecular formula is C5H8O4. The van der Waals surface area contributed by atoms with E-state index in [0.717, 1.165) is 0 Å². The van der Waals surface area contributed by atoms with Crippen molar-refractivity contribution in [1.82, 2.24) is 0 Å². The first-order chi connectivity index (χ1) is 4.13. The minimum atomic E-state index is -0.559. The van der Waals surface area contributed by atoms with Crippen LogP contribution >= 0.6 is 0 Å². The molecule has 0 atom stereocenters. The first kappa shape index (κ1) is 7.97. The van der Waals surface area contributed by atoms with Crippen LogP contribution in [0.25, 0.3) is 0 Å². The summed E-state index contributed by atoms with van der Waals surface area (Å²) in [5.74, 6) is -0.743. The molecule has 0 aliphatic heterocycles. The number of carbonyl (C=O) groups excluding carboxylic acids is 1. The van der Waals surface area contributed by atoms with Crippen LogP contribution in [0.4, 0.5) is 0 Å². The molecule has 0 aromatic heterocycles. The average Bonchev–Trinajstić information content (AvgIpc) is 1.63. The topological polar surface area (TPSA) is 55.8 Å². The molecule has 0 saturated heterocycles. The van der Waals surface area contributed by atoms with Crippen LogP contribution in [-0.4, -0.2) is 17.7 Å². The zero-order valence-corrected chi connectivity index (χ0v) is 5.09. The maximum absolute atomic E-state index is 9.97. The van der Waals surface area contributed by atoms with Gasteiger partial charge in [-0.25, -0.2) is 4.79 Å². The number of hydrogen-bond acceptors (Lipinski definition) is 4. The molecule has 0 aliphatic rings. The number of aliphatic hydroxyl groups is 1. The molecular weight excluding hydrogens is 124 g/mol. The first-order valence-electron chi connectivity index (χ1n) is 2.29. The van der Waals surface area contributed by atoms with Crippen LogP contribution < -0.4 is 0 Å². The van der Waals surface area contributed by atoms with Gasteiger partial charge in [0, 0.05) is 6.92 Å². The second-order valence-corrected chi connectivity index (χ2v) is 1.40. The van der Waals surface area contributed by atoms with Gasteiger partial charge in [0.2, 0.25) is 0 Å². The van der Waals surface area contributed by atoms with E-state index < -0.39 is 5.97 Å². The molecule has 0 heterocycles. The third-order valence-corrected chi connectivity index (χ3v) is 0.402. The molecule has 0 rings (SSSR count). The van der Waals surface area contributed by atoms with Gasteiger partial charge in [0.1, 0.15) is 5.76 Å². The van der Waals surface area contributed by atoms with Crippen LogP contribution in [0.3, 0.4) is 0 Å². The monoisotopic (exact) mass is 132 g/mol. The summed E-state index contributed by atoms with van der Waals surface area (Å²) in [5, 5.41) is 8.35. The summed E-state index contributed by atoms with van der Waals surface area (Å²) in [7, 11) is 0. The summed E-state index contributed by atoms with van der Waals surface area (Å²) in [5.41, 5.74) is 0.